The van der Waals surface area contributed by atoms with Gasteiger partial charge in [0.2, 0.25) is 0 Å². The van der Waals surface area contributed by atoms with Crippen molar-refractivity contribution in [2.45, 2.75) is 13.1 Å². The Morgan fingerprint density at radius 2 is 1.66 bits per heavy atom. The zero-order valence-electron chi connectivity index (χ0n) is 21.2. The number of carbonyl (C=O) groups excluding carboxylic acids is 2. The fourth-order valence-electron chi connectivity index (χ4n) is 5.16. The van der Waals surface area contributed by atoms with Crippen LogP contribution in [0.2, 0.25) is 0 Å². The Hall–Kier alpha value is -4.01. The lowest BCUT2D eigenvalue weighted by Crippen LogP contribution is -2.46. The SMILES string of the molecule is COc1cccc(CN2CCN(c3cccc4c3C(=O)N(Cc3nc(-c5ccccc5)cs3)C4=O)CC2)c1. The second-order valence-corrected chi connectivity index (χ2v) is 10.4. The Balaban J connectivity index is 1.15. The van der Waals surface area contributed by atoms with Gasteiger partial charge < -0.3 is 9.64 Å². The van der Waals surface area contributed by atoms with Crippen LogP contribution in [0.3, 0.4) is 0 Å². The smallest absolute Gasteiger partial charge is 0.264 e. The Morgan fingerprint density at radius 1 is 0.868 bits per heavy atom. The van der Waals surface area contributed by atoms with Gasteiger partial charge in [0.25, 0.3) is 11.8 Å². The number of methoxy groups -OCH3 is 1. The van der Waals surface area contributed by atoms with Crippen molar-refractivity contribution in [2.75, 3.05) is 38.2 Å². The van der Waals surface area contributed by atoms with Crippen molar-refractivity contribution in [2.24, 2.45) is 0 Å². The van der Waals surface area contributed by atoms with E-state index in [2.05, 4.69) is 21.9 Å². The highest BCUT2D eigenvalue weighted by molar-refractivity contribution is 7.10. The number of piperazine rings is 1. The first kappa shape index (κ1) is 24.3. The molecule has 0 atom stereocenters. The van der Waals surface area contributed by atoms with Crippen molar-refractivity contribution >= 4 is 28.8 Å². The molecule has 192 valence electrons. The quantitative estimate of drug-likeness (QED) is 0.319. The average molecular weight is 525 g/mol. The van der Waals surface area contributed by atoms with Gasteiger partial charge in [0.05, 0.1) is 36.2 Å². The molecule has 3 heterocycles. The third kappa shape index (κ3) is 4.68. The lowest BCUT2D eigenvalue weighted by Gasteiger charge is -2.36. The van der Waals surface area contributed by atoms with Gasteiger partial charge in [-0.2, -0.15) is 0 Å². The Morgan fingerprint density at radius 3 is 2.45 bits per heavy atom. The lowest BCUT2D eigenvalue weighted by atomic mass is 10.1. The maximum Gasteiger partial charge on any atom is 0.264 e. The molecule has 3 aromatic carbocycles. The van der Waals surface area contributed by atoms with Crippen LogP contribution in [0.5, 0.6) is 5.75 Å². The summed E-state index contributed by atoms with van der Waals surface area (Å²) in [7, 11) is 1.68. The summed E-state index contributed by atoms with van der Waals surface area (Å²) >= 11 is 1.47. The Bertz CT molecular complexity index is 1480. The van der Waals surface area contributed by atoms with Crippen LogP contribution in [0.15, 0.2) is 78.2 Å². The molecule has 0 radical (unpaired) electrons. The predicted octanol–water partition coefficient (Wildman–Crippen LogP) is 4.94. The number of nitrogens with zero attached hydrogens (tertiary/aromatic N) is 4. The molecule has 0 unspecified atom stereocenters. The minimum Gasteiger partial charge on any atom is -0.497 e. The number of thiazole rings is 1. The summed E-state index contributed by atoms with van der Waals surface area (Å²) in [5.74, 6) is 0.374. The fourth-order valence-corrected chi connectivity index (χ4v) is 5.95. The molecule has 0 aliphatic carbocycles. The molecule has 6 rings (SSSR count). The van der Waals surface area contributed by atoms with E-state index in [1.54, 1.807) is 13.2 Å². The van der Waals surface area contributed by atoms with E-state index in [4.69, 9.17) is 9.72 Å². The van der Waals surface area contributed by atoms with E-state index in [0.29, 0.717) is 11.1 Å². The van der Waals surface area contributed by atoms with Crippen LogP contribution in [0.4, 0.5) is 5.69 Å². The van der Waals surface area contributed by atoms with Gasteiger partial charge in [0.15, 0.2) is 0 Å². The molecule has 1 saturated heterocycles. The maximum atomic E-state index is 13.6. The predicted molar refractivity (Wildman–Crippen MR) is 149 cm³/mol. The van der Waals surface area contributed by atoms with Gasteiger partial charge in [0.1, 0.15) is 10.8 Å². The van der Waals surface area contributed by atoms with Gasteiger partial charge in [-0.05, 0) is 29.8 Å². The van der Waals surface area contributed by atoms with Crippen LogP contribution in [-0.2, 0) is 13.1 Å². The molecule has 0 bridgehead atoms. The van der Waals surface area contributed by atoms with Crippen molar-refractivity contribution in [3.8, 4) is 17.0 Å². The molecule has 1 aromatic heterocycles. The van der Waals surface area contributed by atoms with Gasteiger partial charge >= 0.3 is 0 Å². The first-order chi connectivity index (χ1) is 18.6. The summed E-state index contributed by atoms with van der Waals surface area (Å²) in [6, 6.07) is 23.7. The number of fused-ring (bicyclic) bond motifs is 1. The molecule has 0 spiro atoms. The van der Waals surface area contributed by atoms with Crippen molar-refractivity contribution in [1.82, 2.24) is 14.8 Å². The molecular weight excluding hydrogens is 496 g/mol. The van der Waals surface area contributed by atoms with Crippen LogP contribution < -0.4 is 9.64 Å². The van der Waals surface area contributed by atoms with Gasteiger partial charge in [-0.1, -0.05) is 48.5 Å². The third-order valence-corrected chi connectivity index (χ3v) is 7.98. The van der Waals surface area contributed by atoms with E-state index in [1.165, 1.54) is 21.8 Å². The number of amides is 2. The topological polar surface area (TPSA) is 66.0 Å². The molecule has 0 saturated carbocycles. The first-order valence-corrected chi connectivity index (χ1v) is 13.6. The van der Waals surface area contributed by atoms with E-state index in [-0.39, 0.29) is 18.4 Å². The fraction of sp³-hybridized carbons (Fsp3) is 0.233. The van der Waals surface area contributed by atoms with Gasteiger partial charge in [0, 0.05) is 43.7 Å². The molecule has 1 fully saturated rings. The summed E-state index contributed by atoms with van der Waals surface area (Å²) in [6.07, 6.45) is 0. The first-order valence-electron chi connectivity index (χ1n) is 12.7. The number of anilines is 1. The van der Waals surface area contributed by atoms with Crippen molar-refractivity contribution in [3.05, 3.63) is 99.9 Å². The Kier molecular flexibility index (Phi) is 6.66. The summed E-state index contributed by atoms with van der Waals surface area (Å²) in [4.78, 5) is 37.5. The van der Waals surface area contributed by atoms with E-state index in [9.17, 15) is 9.59 Å². The van der Waals surface area contributed by atoms with E-state index < -0.39 is 0 Å². The van der Waals surface area contributed by atoms with Crippen LogP contribution in [-0.4, -0.2) is 59.9 Å². The molecule has 2 amide bonds. The summed E-state index contributed by atoms with van der Waals surface area (Å²) in [5.41, 5.74) is 4.92. The number of imide groups is 1. The minimum absolute atomic E-state index is 0.178. The van der Waals surface area contributed by atoms with E-state index in [1.807, 2.05) is 60.0 Å². The number of carbonyl (C=O) groups is 2. The summed E-state index contributed by atoms with van der Waals surface area (Å²) < 4.78 is 5.35. The van der Waals surface area contributed by atoms with Crippen molar-refractivity contribution in [1.29, 1.82) is 0 Å². The third-order valence-electron chi connectivity index (χ3n) is 7.15. The van der Waals surface area contributed by atoms with Crippen LogP contribution in [0.1, 0.15) is 31.3 Å². The normalized spacial score (nSPS) is 15.7. The van der Waals surface area contributed by atoms with Gasteiger partial charge in [-0.25, -0.2) is 4.98 Å². The zero-order chi connectivity index (χ0) is 26.1. The number of hydrogen-bond donors (Lipinski definition) is 0. The molecule has 2 aliphatic rings. The molecule has 8 heteroatoms. The molecule has 38 heavy (non-hydrogen) atoms. The van der Waals surface area contributed by atoms with Crippen LogP contribution >= 0.6 is 11.3 Å². The van der Waals surface area contributed by atoms with Crippen molar-refractivity contribution < 1.29 is 14.3 Å². The number of aromatic nitrogens is 1. The summed E-state index contributed by atoms with van der Waals surface area (Å²) in [6.45, 7) is 4.34. The minimum atomic E-state index is -0.250. The molecule has 2 aliphatic heterocycles. The largest absolute Gasteiger partial charge is 0.497 e. The average Bonchev–Trinajstić information content (AvgIpc) is 3.53. The highest BCUT2D eigenvalue weighted by atomic mass is 32.1. The van der Waals surface area contributed by atoms with Crippen LogP contribution in [0.25, 0.3) is 11.3 Å². The number of benzene rings is 3. The Labute approximate surface area is 225 Å². The molecular formula is C30H28N4O3S. The number of ether oxygens (including phenoxy) is 1. The molecule has 7 nitrogen and oxygen atoms in total. The maximum absolute atomic E-state index is 13.6. The molecule has 4 aromatic rings. The van der Waals surface area contributed by atoms with Crippen LogP contribution in [0, 0.1) is 0 Å². The number of rotatable bonds is 7. The highest BCUT2D eigenvalue weighted by Crippen LogP contribution is 2.34. The standard InChI is InChI=1S/C30H28N4O3S/c1-37-23-10-5-7-21(17-23)18-32-13-15-33(16-14-32)26-12-6-11-24-28(26)30(36)34(29(24)35)19-27-31-25(20-38-27)22-8-3-2-4-9-22/h2-12,17,20H,13-16,18-19H2,1H3. The second kappa shape index (κ2) is 10.4. The lowest BCUT2D eigenvalue weighted by molar-refractivity contribution is 0.0642. The highest BCUT2D eigenvalue weighted by Gasteiger charge is 2.39. The van der Waals surface area contributed by atoms with Crippen molar-refractivity contribution in [3.63, 3.8) is 0 Å². The number of hydrogen-bond acceptors (Lipinski definition) is 7. The monoisotopic (exact) mass is 524 g/mol. The second-order valence-electron chi connectivity index (χ2n) is 9.50. The van der Waals surface area contributed by atoms with Gasteiger partial charge in [-0.3, -0.25) is 19.4 Å². The summed E-state index contributed by atoms with van der Waals surface area (Å²) in [5, 5.41) is 2.71. The van der Waals surface area contributed by atoms with Gasteiger partial charge in [-0.15, -0.1) is 11.3 Å². The van der Waals surface area contributed by atoms with E-state index in [0.717, 1.165) is 60.4 Å². The zero-order valence-corrected chi connectivity index (χ0v) is 22.0. The van der Waals surface area contributed by atoms with E-state index >= 15 is 0 Å². The molecule has 0 N–H and O–H groups in total.